The molecule has 0 unspecified atom stereocenters. The smallest absolute Gasteiger partial charge is 0.240 e. The number of hydrogen-bond donors (Lipinski definition) is 1. The summed E-state index contributed by atoms with van der Waals surface area (Å²) in [4.78, 5) is 17.0. The van der Waals surface area contributed by atoms with E-state index in [1.807, 2.05) is 29.2 Å². The van der Waals surface area contributed by atoms with Gasteiger partial charge in [-0.05, 0) is 67.5 Å². The van der Waals surface area contributed by atoms with Gasteiger partial charge in [0.25, 0.3) is 0 Å². The van der Waals surface area contributed by atoms with Crippen LogP contribution in [0, 0.1) is 0 Å². The minimum Gasteiger partial charge on any atom is -0.468 e. The molecule has 0 radical (unpaired) electrons. The summed E-state index contributed by atoms with van der Waals surface area (Å²) in [6.45, 7) is 4.05. The first-order chi connectivity index (χ1) is 15.0. The van der Waals surface area contributed by atoms with Crippen LogP contribution in [0.4, 0.5) is 0 Å². The summed E-state index contributed by atoms with van der Waals surface area (Å²) in [6.07, 6.45) is 6.79. The van der Waals surface area contributed by atoms with Gasteiger partial charge in [-0.1, -0.05) is 6.07 Å². The van der Waals surface area contributed by atoms with Crippen LogP contribution in [-0.4, -0.2) is 56.8 Å². The number of aryl methyl sites for hydroxylation is 2. The highest BCUT2D eigenvalue weighted by Gasteiger charge is 2.22. The molecule has 2 aromatic rings. The number of sulfonamides is 1. The molecule has 31 heavy (non-hydrogen) atoms. The number of carbonyl (C=O) groups excluding carboxylic acids is 1. The second-order valence-electron chi connectivity index (χ2n) is 8.38. The van der Waals surface area contributed by atoms with Gasteiger partial charge in [-0.3, -0.25) is 9.69 Å². The predicted octanol–water partition coefficient (Wildman–Crippen LogP) is 2.56. The molecule has 0 atom stereocenters. The van der Waals surface area contributed by atoms with Gasteiger partial charge in [0.1, 0.15) is 5.76 Å². The van der Waals surface area contributed by atoms with Gasteiger partial charge in [0.15, 0.2) is 0 Å². The standard InChI is InChI=1S/C23H31N3O4S/c27-23(26-14-12-25(13-15-26)18-21-7-4-16-30-21)8-3-11-24-31(28,29)22-10-9-19-5-1-2-6-20(19)17-22/h4,7,9-10,16-17,24H,1-3,5-6,8,11-15,18H2. The number of benzene rings is 1. The highest BCUT2D eigenvalue weighted by molar-refractivity contribution is 7.89. The van der Waals surface area contributed by atoms with Crippen molar-refractivity contribution >= 4 is 15.9 Å². The molecule has 1 amide bonds. The maximum atomic E-state index is 12.6. The lowest BCUT2D eigenvalue weighted by Gasteiger charge is -2.34. The Morgan fingerprint density at radius 3 is 2.55 bits per heavy atom. The third-order valence-electron chi connectivity index (χ3n) is 6.17. The van der Waals surface area contributed by atoms with Crippen LogP contribution in [-0.2, 0) is 34.2 Å². The minimum atomic E-state index is -3.54. The third-order valence-corrected chi connectivity index (χ3v) is 7.63. The topological polar surface area (TPSA) is 82.9 Å². The van der Waals surface area contributed by atoms with Crippen LogP contribution in [0.5, 0.6) is 0 Å². The van der Waals surface area contributed by atoms with Gasteiger partial charge < -0.3 is 9.32 Å². The van der Waals surface area contributed by atoms with E-state index >= 15 is 0 Å². The molecule has 2 heterocycles. The fourth-order valence-electron chi connectivity index (χ4n) is 4.34. The monoisotopic (exact) mass is 445 g/mol. The molecule has 1 saturated heterocycles. The summed E-state index contributed by atoms with van der Waals surface area (Å²) >= 11 is 0. The van der Waals surface area contributed by atoms with Crippen molar-refractivity contribution in [2.45, 2.75) is 50.0 Å². The van der Waals surface area contributed by atoms with Crippen molar-refractivity contribution < 1.29 is 17.6 Å². The van der Waals surface area contributed by atoms with Crippen molar-refractivity contribution in [3.05, 3.63) is 53.5 Å². The second-order valence-corrected chi connectivity index (χ2v) is 10.1. The average molecular weight is 446 g/mol. The number of fused-ring (bicyclic) bond motifs is 1. The van der Waals surface area contributed by atoms with Crippen molar-refractivity contribution in [3.8, 4) is 0 Å². The summed E-state index contributed by atoms with van der Waals surface area (Å²) in [6, 6.07) is 9.29. The van der Waals surface area contributed by atoms with E-state index in [9.17, 15) is 13.2 Å². The number of hydrogen-bond acceptors (Lipinski definition) is 5. The fourth-order valence-corrected chi connectivity index (χ4v) is 5.47. The van der Waals surface area contributed by atoms with Gasteiger partial charge in [-0.2, -0.15) is 0 Å². The van der Waals surface area contributed by atoms with Crippen LogP contribution in [0.2, 0.25) is 0 Å². The molecule has 1 N–H and O–H groups in total. The molecule has 1 aliphatic carbocycles. The van der Waals surface area contributed by atoms with E-state index in [0.29, 0.717) is 30.8 Å². The number of rotatable bonds is 8. The van der Waals surface area contributed by atoms with E-state index in [0.717, 1.165) is 50.2 Å². The Hall–Kier alpha value is -2.16. The van der Waals surface area contributed by atoms with E-state index in [-0.39, 0.29) is 12.5 Å². The number of carbonyl (C=O) groups is 1. The van der Waals surface area contributed by atoms with Gasteiger partial charge in [-0.25, -0.2) is 13.1 Å². The molecule has 0 saturated carbocycles. The van der Waals surface area contributed by atoms with Crippen molar-refractivity contribution in [1.82, 2.24) is 14.5 Å². The molecule has 1 aromatic carbocycles. The second kappa shape index (κ2) is 9.97. The zero-order valence-electron chi connectivity index (χ0n) is 17.9. The quantitative estimate of drug-likeness (QED) is 0.632. The summed E-state index contributed by atoms with van der Waals surface area (Å²) in [7, 11) is -3.54. The number of nitrogens with one attached hydrogen (secondary N) is 1. The Balaban J connectivity index is 1.18. The lowest BCUT2D eigenvalue weighted by atomic mass is 9.92. The Labute approximate surface area is 184 Å². The van der Waals surface area contributed by atoms with Gasteiger partial charge in [0.2, 0.25) is 15.9 Å². The number of piperazine rings is 1. The first kappa shape index (κ1) is 22.0. The van der Waals surface area contributed by atoms with Gasteiger partial charge >= 0.3 is 0 Å². The van der Waals surface area contributed by atoms with Crippen molar-refractivity contribution in [2.75, 3.05) is 32.7 Å². The highest BCUT2D eigenvalue weighted by atomic mass is 32.2. The van der Waals surface area contributed by atoms with Crippen LogP contribution in [0.15, 0.2) is 45.9 Å². The number of amides is 1. The van der Waals surface area contributed by atoms with E-state index in [1.54, 1.807) is 12.3 Å². The van der Waals surface area contributed by atoms with Crippen LogP contribution in [0.1, 0.15) is 42.6 Å². The molecule has 7 nitrogen and oxygen atoms in total. The van der Waals surface area contributed by atoms with E-state index in [4.69, 9.17) is 4.42 Å². The Morgan fingerprint density at radius 2 is 1.81 bits per heavy atom. The lowest BCUT2D eigenvalue weighted by molar-refractivity contribution is -0.133. The first-order valence-electron chi connectivity index (χ1n) is 11.2. The number of nitrogens with zero attached hydrogens (tertiary/aromatic N) is 2. The lowest BCUT2D eigenvalue weighted by Crippen LogP contribution is -2.48. The van der Waals surface area contributed by atoms with Crippen LogP contribution >= 0.6 is 0 Å². The summed E-state index contributed by atoms with van der Waals surface area (Å²) in [5.74, 6) is 1.02. The SMILES string of the molecule is O=C(CCCNS(=O)(=O)c1ccc2c(c1)CCCC2)N1CCN(Cc2ccco2)CC1. The molecule has 1 fully saturated rings. The molecule has 8 heteroatoms. The molecular weight excluding hydrogens is 414 g/mol. The molecular formula is C23H31N3O4S. The van der Waals surface area contributed by atoms with Gasteiger partial charge in [-0.15, -0.1) is 0 Å². The highest BCUT2D eigenvalue weighted by Crippen LogP contribution is 2.24. The maximum Gasteiger partial charge on any atom is 0.240 e. The van der Waals surface area contributed by atoms with E-state index in [1.165, 1.54) is 12.0 Å². The van der Waals surface area contributed by atoms with Crippen LogP contribution in [0.3, 0.4) is 0 Å². The normalized spacial score (nSPS) is 17.5. The zero-order chi connectivity index (χ0) is 21.7. The predicted molar refractivity (Wildman–Crippen MR) is 118 cm³/mol. The molecule has 4 rings (SSSR count). The zero-order valence-corrected chi connectivity index (χ0v) is 18.7. The van der Waals surface area contributed by atoms with E-state index < -0.39 is 10.0 Å². The van der Waals surface area contributed by atoms with Crippen molar-refractivity contribution in [3.63, 3.8) is 0 Å². The maximum absolute atomic E-state index is 12.6. The summed E-state index contributed by atoms with van der Waals surface area (Å²) in [5.41, 5.74) is 2.41. The van der Waals surface area contributed by atoms with Crippen molar-refractivity contribution in [1.29, 1.82) is 0 Å². The minimum absolute atomic E-state index is 0.0885. The molecule has 168 valence electrons. The Morgan fingerprint density at radius 1 is 1.03 bits per heavy atom. The molecule has 0 bridgehead atoms. The molecule has 1 aliphatic heterocycles. The number of furan rings is 1. The molecule has 1 aromatic heterocycles. The van der Waals surface area contributed by atoms with Crippen LogP contribution in [0.25, 0.3) is 0 Å². The Kier molecular flexibility index (Phi) is 7.09. The molecule has 2 aliphatic rings. The summed E-state index contributed by atoms with van der Waals surface area (Å²) < 4.78 is 33.3. The van der Waals surface area contributed by atoms with E-state index in [2.05, 4.69) is 9.62 Å². The fraction of sp³-hybridized carbons (Fsp3) is 0.522. The Bertz CT molecular complexity index is 980. The van der Waals surface area contributed by atoms with Gasteiger partial charge in [0.05, 0.1) is 17.7 Å². The van der Waals surface area contributed by atoms with Crippen molar-refractivity contribution in [2.24, 2.45) is 0 Å². The third kappa shape index (κ3) is 5.75. The molecule has 0 spiro atoms. The largest absolute Gasteiger partial charge is 0.468 e. The summed E-state index contributed by atoms with van der Waals surface area (Å²) in [5, 5.41) is 0. The first-order valence-corrected chi connectivity index (χ1v) is 12.6. The van der Waals surface area contributed by atoms with Gasteiger partial charge in [0, 0.05) is 39.1 Å². The van der Waals surface area contributed by atoms with Crippen LogP contribution < -0.4 is 4.72 Å². The average Bonchev–Trinajstić information content (AvgIpc) is 3.30.